The lowest BCUT2D eigenvalue weighted by Gasteiger charge is -2.34. The molecule has 0 amide bonds. The number of hydrogen-bond donors (Lipinski definition) is 0. The van der Waals surface area contributed by atoms with Gasteiger partial charge in [0.2, 0.25) is 0 Å². The first-order valence-corrected chi connectivity index (χ1v) is 23.3. The van der Waals surface area contributed by atoms with Gasteiger partial charge in [0.15, 0.2) is 12.1 Å². The molecule has 2 heterocycles. The fourth-order valence-corrected chi connectivity index (χ4v) is 9.05. The summed E-state index contributed by atoms with van der Waals surface area (Å²) in [6.45, 7) is 8.74. The number of carbonyl (C=O) groups is 2. The van der Waals surface area contributed by atoms with Gasteiger partial charge >= 0.3 is 11.9 Å². The SMILES string of the molecule is C.C[C@@H]1CC([C@@H](N=C(c2ccccc2)c2ccccc2)C(=O)OCc2ccccc2)C[C@@H](C)O1.C[C@@H]1CC([C@H](N=C(c2ccccc2)c2ccccc2)C(=O)OCc2ccccc2)C[C@@H](C)O1. The highest BCUT2D eigenvalue weighted by molar-refractivity contribution is 6.14. The molecule has 8 rings (SSSR count). The molecule has 8 nitrogen and oxygen atoms in total. The van der Waals surface area contributed by atoms with Crippen LogP contribution >= 0.6 is 0 Å². The summed E-state index contributed by atoms with van der Waals surface area (Å²) < 4.78 is 23.5. The number of nitrogens with zero attached hydrogens (tertiary/aromatic N) is 2. The van der Waals surface area contributed by atoms with Crippen molar-refractivity contribution in [1.29, 1.82) is 0 Å². The normalized spacial score (nSPS) is 20.8. The Morgan fingerprint density at radius 2 is 0.672 bits per heavy atom. The van der Waals surface area contributed by atoms with Crippen molar-refractivity contribution in [1.82, 2.24) is 0 Å². The Morgan fingerprint density at radius 1 is 0.433 bits per heavy atom. The summed E-state index contributed by atoms with van der Waals surface area (Å²) >= 11 is 0. The molecule has 2 fully saturated rings. The van der Waals surface area contributed by atoms with Gasteiger partial charge in [-0.2, -0.15) is 0 Å². The standard InChI is InChI=1S/2C29H31NO3.CH4/c2*1-21-18-26(19-22(2)33-21)28(29(31)32-20-23-12-6-3-7-13-23)30-27(24-14-8-4-9-15-24)25-16-10-5-11-17-25;/h2*3-17,21-22,26,28H,18-20H2,1-2H3;1H4/t21-,22-,28+;21-,22-,28-;/m11./s1. The Labute approximate surface area is 398 Å². The van der Waals surface area contributed by atoms with E-state index in [1.54, 1.807) is 0 Å². The zero-order chi connectivity index (χ0) is 46.1. The zero-order valence-electron chi connectivity index (χ0n) is 38.5. The molecule has 6 atom stereocenters. The number of carbonyl (C=O) groups excluding carboxylic acids is 2. The van der Waals surface area contributed by atoms with Crippen molar-refractivity contribution in [3.05, 3.63) is 215 Å². The van der Waals surface area contributed by atoms with Crippen LogP contribution in [0.4, 0.5) is 0 Å². The Balaban J connectivity index is 0.000000218. The van der Waals surface area contributed by atoms with E-state index in [2.05, 4.69) is 27.7 Å². The van der Waals surface area contributed by atoms with Gasteiger partial charge in [-0.05, 0) is 76.3 Å². The van der Waals surface area contributed by atoms with E-state index in [9.17, 15) is 9.59 Å². The minimum absolute atomic E-state index is 0. The number of rotatable bonds is 14. The van der Waals surface area contributed by atoms with Crippen molar-refractivity contribution < 1.29 is 28.5 Å². The minimum atomic E-state index is -0.599. The third-order valence-corrected chi connectivity index (χ3v) is 12.0. The van der Waals surface area contributed by atoms with E-state index in [4.69, 9.17) is 28.9 Å². The minimum Gasteiger partial charge on any atom is -0.459 e. The highest BCUT2D eigenvalue weighted by atomic mass is 16.5. The van der Waals surface area contributed by atoms with Gasteiger partial charge in [0.05, 0.1) is 35.8 Å². The smallest absolute Gasteiger partial charge is 0.331 e. The van der Waals surface area contributed by atoms with Crippen LogP contribution < -0.4 is 0 Å². The molecule has 0 unspecified atom stereocenters. The van der Waals surface area contributed by atoms with E-state index in [1.807, 2.05) is 182 Å². The topological polar surface area (TPSA) is 95.8 Å². The maximum atomic E-state index is 13.5. The molecule has 0 N–H and O–H groups in total. The van der Waals surface area contributed by atoms with Crippen LogP contribution in [0.15, 0.2) is 192 Å². The molecule has 348 valence electrons. The van der Waals surface area contributed by atoms with E-state index in [1.165, 1.54) is 0 Å². The Bertz CT molecular complexity index is 2170. The van der Waals surface area contributed by atoms with Gasteiger partial charge in [0, 0.05) is 22.3 Å². The number of aliphatic imine (C=N–C) groups is 2. The van der Waals surface area contributed by atoms with Crippen LogP contribution in [-0.2, 0) is 41.8 Å². The van der Waals surface area contributed by atoms with Gasteiger partial charge in [0.25, 0.3) is 0 Å². The molecule has 0 aliphatic carbocycles. The first kappa shape index (κ1) is 49.9. The molecule has 6 aromatic carbocycles. The second kappa shape index (κ2) is 25.4. The van der Waals surface area contributed by atoms with Crippen LogP contribution in [0.1, 0.15) is 94.2 Å². The molecule has 8 heteroatoms. The fourth-order valence-electron chi connectivity index (χ4n) is 9.05. The lowest BCUT2D eigenvalue weighted by atomic mass is 9.86. The lowest BCUT2D eigenvalue weighted by molar-refractivity contribution is -0.151. The number of benzene rings is 6. The molecule has 0 spiro atoms. The predicted molar refractivity (Wildman–Crippen MR) is 269 cm³/mol. The van der Waals surface area contributed by atoms with Gasteiger partial charge in [-0.1, -0.05) is 189 Å². The van der Waals surface area contributed by atoms with E-state index in [-0.39, 0.29) is 68.8 Å². The average Bonchev–Trinajstić information content (AvgIpc) is 3.34. The second-order valence-corrected chi connectivity index (χ2v) is 17.5. The Morgan fingerprint density at radius 3 is 0.925 bits per heavy atom. The molecular formula is C59H66N2O6. The molecule has 6 aromatic rings. The molecule has 0 saturated carbocycles. The maximum absolute atomic E-state index is 13.5. The highest BCUT2D eigenvalue weighted by Crippen LogP contribution is 2.32. The van der Waals surface area contributed by atoms with E-state index in [0.717, 1.165) is 70.5 Å². The van der Waals surface area contributed by atoms with Crippen LogP contribution in [0.25, 0.3) is 0 Å². The molecule has 0 radical (unpaired) electrons. The highest BCUT2D eigenvalue weighted by Gasteiger charge is 2.37. The van der Waals surface area contributed by atoms with Crippen molar-refractivity contribution in [3.8, 4) is 0 Å². The van der Waals surface area contributed by atoms with Gasteiger partial charge < -0.3 is 18.9 Å². The number of ether oxygens (including phenoxy) is 4. The van der Waals surface area contributed by atoms with Crippen molar-refractivity contribution in [2.24, 2.45) is 21.8 Å². The third kappa shape index (κ3) is 14.8. The first-order chi connectivity index (χ1) is 32.2. The van der Waals surface area contributed by atoms with Gasteiger partial charge in [-0.25, -0.2) is 9.59 Å². The summed E-state index contributed by atoms with van der Waals surface area (Å²) in [6.07, 6.45) is 3.41. The van der Waals surface area contributed by atoms with Crippen LogP contribution in [0.2, 0.25) is 0 Å². The quantitative estimate of drug-likeness (QED) is 0.0798. The molecule has 0 aromatic heterocycles. The molecule has 2 aliphatic heterocycles. The zero-order valence-corrected chi connectivity index (χ0v) is 38.5. The molecule has 67 heavy (non-hydrogen) atoms. The van der Waals surface area contributed by atoms with Crippen molar-refractivity contribution in [3.63, 3.8) is 0 Å². The first-order valence-electron chi connectivity index (χ1n) is 23.3. The van der Waals surface area contributed by atoms with E-state index in [0.29, 0.717) is 0 Å². The van der Waals surface area contributed by atoms with Crippen LogP contribution in [0.5, 0.6) is 0 Å². The number of esters is 2. The van der Waals surface area contributed by atoms with Gasteiger partial charge in [-0.3, -0.25) is 9.98 Å². The Kier molecular flexibility index (Phi) is 19.0. The summed E-state index contributed by atoms with van der Waals surface area (Å²) in [5.41, 5.74) is 7.49. The summed E-state index contributed by atoms with van der Waals surface area (Å²) in [6, 6.07) is 58.5. The lowest BCUT2D eigenvalue weighted by Crippen LogP contribution is -2.39. The third-order valence-electron chi connectivity index (χ3n) is 12.0. The summed E-state index contributed by atoms with van der Waals surface area (Å²) in [5, 5.41) is 0. The molecule has 0 bridgehead atoms. The summed E-state index contributed by atoms with van der Waals surface area (Å²) in [4.78, 5) is 37.1. The van der Waals surface area contributed by atoms with Crippen molar-refractivity contribution in [2.75, 3.05) is 0 Å². The number of hydrogen-bond acceptors (Lipinski definition) is 8. The Hall–Kier alpha value is -6.48. The van der Waals surface area contributed by atoms with Crippen LogP contribution in [0, 0.1) is 11.8 Å². The van der Waals surface area contributed by atoms with Gasteiger partial charge in [-0.15, -0.1) is 0 Å². The van der Waals surface area contributed by atoms with Crippen molar-refractivity contribution in [2.45, 2.75) is 111 Å². The predicted octanol–water partition coefficient (Wildman–Crippen LogP) is 12.3. The summed E-state index contributed by atoms with van der Waals surface area (Å²) in [5.74, 6) is -0.465. The monoisotopic (exact) mass is 898 g/mol. The molecular weight excluding hydrogens is 833 g/mol. The average molecular weight is 899 g/mol. The second-order valence-electron chi connectivity index (χ2n) is 17.5. The van der Waals surface area contributed by atoms with Gasteiger partial charge in [0.1, 0.15) is 13.2 Å². The molecule has 2 saturated heterocycles. The summed E-state index contributed by atoms with van der Waals surface area (Å²) in [7, 11) is 0. The fraction of sp³-hybridized carbons (Fsp3) is 0.322. The van der Waals surface area contributed by atoms with Crippen molar-refractivity contribution >= 4 is 23.4 Å². The van der Waals surface area contributed by atoms with Crippen LogP contribution in [-0.4, -0.2) is 59.9 Å². The van der Waals surface area contributed by atoms with E-state index < -0.39 is 12.1 Å². The maximum Gasteiger partial charge on any atom is 0.331 e. The van der Waals surface area contributed by atoms with Crippen LogP contribution in [0.3, 0.4) is 0 Å². The van der Waals surface area contributed by atoms with E-state index >= 15 is 0 Å². The molecule has 2 aliphatic rings. The largest absolute Gasteiger partial charge is 0.459 e.